The lowest BCUT2D eigenvalue weighted by molar-refractivity contribution is -0.168. The summed E-state index contributed by atoms with van der Waals surface area (Å²) in [6, 6.07) is 0. The quantitative estimate of drug-likeness (QED) is 0.469. The molecule has 1 N–H and O–H groups in total. The van der Waals surface area contributed by atoms with E-state index >= 15 is 0 Å². The Hall–Kier alpha value is -0.870. The molecule has 1 aromatic rings. The zero-order valence-electron chi connectivity index (χ0n) is 11.6. The molecule has 0 aliphatic carbocycles. The van der Waals surface area contributed by atoms with Crippen molar-refractivity contribution in [3.63, 3.8) is 0 Å². The fourth-order valence-corrected chi connectivity index (χ4v) is 1.87. The van der Waals surface area contributed by atoms with Gasteiger partial charge in [0.15, 0.2) is 0 Å². The number of tetrazole rings is 1. The zero-order valence-corrected chi connectivity index (χ0v) is 12.4. The minimum atomic E-state index is -4.32. The smallest absolute Gasteiger partial charge is 0.361 e. The van der Waals surface area contributed by atoms with Crippen molar-refractivity contribution in [1.29, 1.82) is 0 Å². The number of rotatable bonds is 7. The van der Waals surface area contributed by atoms with E-state index < -0.39 is 12.8 Å². The van der Waals surface area contributed by atoms with Crippen LogP contribution in [0.1, 0.15) is 20.8 Å². The second-order valence-electron chi connectivity index (χ2n) is 5.09. The summed E-state index contributed by atoms with van der Waals surface area (Å²) in [6.45, 7) is 6.03. The van der Waals surface area contributed by atoms with E-state index in [-0.39, 0.29) is 11.5 Å². The molecule has 1 rings (SSSR count). The van der Waals surface area contributed by atoms with Gasteiger partial charge < -0.3 is 10.1 Å². The molecule has 0 radical (unpaired) electrons. The van der Waals surface area contributed by atoms with E-state index in [1.807, 2.05) is 20.8 Å². The fraction of sp³-hybridized carbons (Fsp3) is 0.900. The molecule has 0 unspecified atom stereocenters. The summed E-state index contributed by atoms with van der Waals surface area (Å²) in [5.74, 6) is -0.146. The number of hydrogen-bond acceptors (Lipinski definition) is 6. The van der Waals surface area contributed by atoms with E-state index in [9.17, 15) is 13.2 Å². The summed E-state index contributed by atoms with van der Waals surface area (Å²) in [5.41, 5.74) is -0.0167. The van der Waals surface area contributed by atoms with Gasteiger partial charge in [0.25, 0.3) is 0 Å². The van der Waals surface area contributed by atoms with Crippen molar-refractivity contribution in [3.8, 4) is 0 Å². The highest BCUT2D eigenvalue weighted by Gasteiger charge is 2.27. The summed E-state index contributed by atoms with van der Waals surface area (Å²) < 4.78 is 41.7. The highest BCUT2D eigenvalue weighted by molar-refractivity contribution is 7.99. The summed E-state index contributed by atoms with van der Waals surface area (Å²) in [4.78, 5) is 0. The molecule has 0 spiro atoms. The highest BCUT2D eigenvalue weighted by atomic mass is 32.2. The van der Waals surface area contributed by atoms with Gasteiger partial charge in [0, 0.05) is 12.1 Å². The lowest BCUT2D eigenvalue weighted by Crippen LogP contribution is -2.38. The van der Waals surface area contributed by atoms with Gasteiger partial charge in [-0.05, 0) is 31.2 Å². The molecule has 0 atom stereocenters. The number of aromatic nitrogens is 4. The van der Waals surface area contributed by atoms with E-state index in [1.165, 1.54) is 4.68 Å². The van der Waals surface area contributed by atoms with Crippen molar-refractivity contribution in [2.45, 2.75) is 44.2 Å². The molecule has 0 aliphatic rings. The first-order chi connectivity index (χ1) is 9.17. The Morgan fingerprint density at radius 1 is 1.30 bits per heavy atom. The van der Waals surface area contributed by atoms with Gasteiger partial charge >= 0.3 is 6.18 Å². The van der Waals surface area contributed by atoms with Gasteiger partial charge in [-0.15, -0.1) is 5.10 Å². The summed E-state index contributed by atoms with van der Waals surface area (Å²) in [5, 5.41) is 14.7. The largest absolute Gasteiger partial charge is 0.411 e. The maximum absolute atomic E-state index is 11.9. The van der Waals surface area contributed by atoms with Crippen LogP contribution in [-0.4, -0.2) is 51.0 Å². The van der Waals surface area contributed by atoms with Gasteiger partial charge in [-0.2, -0.15) is 13.2 Å². The number of thioether (sulfide) groups is 1. The number of nitrogens with one attached hydrogen (secondary N) is 1. The van der Waals surface area contributed by atoms with Crippen LogP contribution in [0.3, 0.4) is 0 Å². The predicted octanol–water partition coefficient (Wildman–Crippen LogP) is 1.69. The third kappa shape index (κ3) is 7.65. The Balaban J connectivity index is 2.32. The summed E-state index contributed by atoms with van der Waals surface area (Å²) in [6.07, 6.45) is -4.32. The van der Waals surface area contributed by atoms with E-state index in [0.29, 0.717) is 18.2 Å². The number of nitrogens with zero attached hydrogens (tertiary/aromatic N) is 4. The third-order valence-electron chi connectivity index (χ3n) is 2.02. The van der Waals surface area contributed by atoms with Crippen LogP contribution < -0.4 is 5.32 Å². The molecule has 0 aliphatic heterocycles. The van der Waals surface area contributed by atoms with Gasteiger partial charge in [0.2, 0.25) is 5.16 Å². The monoisotopic (exact) mass is 313 g/mol. The molecule has 0 aromatic carbocycles. The average Bonchev–Trinajstić information content (AvgIpc) is 2.69. The fourth-order valence-electron chi connectivity index (χ4n) is 1.23. The average molecular weight is 313 g/mol. The Kier molecular flexibility index (Phi) is 6.21. The van der Waals surface area contributed by atoms with Crippen LogP contribution in [-0.2, 0) is 11.3 Å². The number of alkyl halides is 3. The molecule has 0 bridgehead atoms. The lowest BCUT2D eigenvalue weighted by Gasteiger charge is -2.20. The molecular weight excluding hydrogens is 295 g/mol. The Labute approximate surface area is 119 Å². The van der Waals surface area contributed by atoms with Gasteiger partial charge in [-0.3, -0.25) is 0 Å². The van der Waals surface area contributed by atoms with E-state index in [1.54, 1.807) is 0 Å². The number of ether oxygens (including phenoxy) is 1. The third-order valence-corrected chi connectivity index (χ3v) is 2.85. The van der Waals surface area contributed by atoms with E-state index in [2.05, 4.69) is 25.6 Å². The second-order valence-corrected chi connectivity index (χ2v) is 5.98. The van der Waals surface area contributed by atoms with Crippen molar-refractivity contribution >= 4 is 11.8 Å². The summed E-state index contributed by atoms with van der Waals surface area (Å²) in [7, 11) is 0. The van der Waals surface area contributed by atoms with Crippen LogP contribution in [0.25, 0.3) is 0 Å². The molecule has 6 nitrogen and oxygen atoms in total. The van der Waals surface area contributed by atoms with Crippen LogP contribution in [0.15, 0.2) is 5.16 Å². The normalized spacial score (nSPS) is 12.9. The molecule has 20 heavy (non-hydrogen) atoms. The molecule has 116 valence electrons. The molecule has 1 heterocycles. The molecule has 1 aromatic heterocycles. The van der Waals surface area contributed by atoms with Crippen molar-refractivity contribution < 1.29 is 17.9 Å². The van der Waals surface area contributed by atoms with Crippen LogP contribution in [0.4, 0.5) is 13.2 Å². The molecular formula is C10H18F3N5OS. The van der Waals surface area contributed by atoms with Crippen LogP contribution in [0.5, 0.6) is 0 Å². The maximum Gasteiger partial charge on any atom is 0.411 e. The molecule has 10 heteroatoms. The van der Waals surface area contributed by atoms with Gasteiger partial charge in [0.1, 0.15) is 12.5 Å². The first kappa shape index (κ1) is 17.2. The zero-order chi connectivity index (χ0) is 15.2. The summed E-state index contributed by atoms with van der Waals surface area (Å²) >= 11 is 1.03. The first-order valence-corrected chi connectivity index (χ1v) is 6.94. The van der Waals surface area contributed by atoms with Crippen molar-refractivity contribution in [2.24, 2.45) is 0 Å². The van der Waals surface area contributed by atoms with Gasteiger partial charge in [-0.1, -0.05) is 11.8 Å². The van der Waals surface area contributed by atoms with Crippen LogP contribution >= 0.6 is 11.8 Å². The van der Waals surface area contributed by atoms with Crippen LogP contribution in [0.2, 0.25) is 0 Å². The van der Waals surface area contributed by atoms with E-state index in [0.717, 1.165) is 11.8 Å². The highest BCUT2D eigenvalue weighted by Crippen LogP contribution is 2.18. The van der Waals surface area contributed by atoms with Crippen molar-refractivity contribution in [3.05, 3.63) is 0 Å². The maximum atomic E-state index is 11.9. The van der Waals surface area contributed by atoms with Crippen molar-refractivity contribution in [2.75, 3.05) is 19.1 Å². The predicted molar refractivity (Wildman–Crippen MR) is 68.3 cm³/mol. The number of halogens is 3. The van der Waals surface area contributed by atoms with Crippen LogP contribution in [0, 0.1) is 0 Å². The molecule has 0 amide bonds. The lowest BCUT2D eigenvalue weighted by atomic mass is 10.1. The first-order valence-electron chi connectivity index (χ1n) is 5.96. The van der Waals surface area contributed by atoms with Crippen molar-refractivity contribution in [1.82, 2.24) is 25.5 Å². The Morgan fingerprint density at radius 3 is 2.60 bits per heavy atom. The Morgan fingerprint density at radius 2 is 2.00 bits per heavy atom. The van der Waals surface area contributed by atoms with E-state index in [4.69, 9.17) is 0 Å². The van der Waals surface area contributed by atoms with Gasteiger partial charge in [0.05, 0.1) is 6.54 Å². The standard InChI is InChI=1S/C10H18F3N5OS/c1-9(2,3)14-4-5-18-8(15-16-17-18)20-7-19-6-10(11,12)13/h14H,4-7H2,1-3H3. The number of hydrogen-bond donors (Lipinski definition) is 1. The Bertz CT molecular complexity index is 404. The molecule has 0 fully saturated rings. The van der Waals surface area contributed by atoms with Gasteiger partial charge in [-0.25, -0.2) is 4.68 Å². The minimum Gasteiger partial charge on any atom is -0.361 e. The topological polar surface area (TPSA) is 64.9 Å². The molecule has 0 saturated carbocycles. The SMILES string of the molecule is CC(C)(C)NCCn1nnnc1SCOCC(F)(F)F. The second kappa shape index (κ2) is 7.23. The molecule has 0 saturated heterocycles. The minimum absolute atomic E-state index is 0.0167.